The van der Waals surface area contributed by atoms with E-state index in [-0.39, 0.29) is 5.56 Å². The van der Waals surface area contributed by atoms with E-state index in [0.717, 1.165) is 0 Å². The minimum Gasteiger partial charge on any atom is -0.481 e. The Kier molecular flexibility index (Phi) is 3.42. The maximum atomic E-state index is 11.1. The van der Waals surface area contributed by atoms with Gasteiger partial charge in [-0.2, -0.15) is 0 Å². The van der Waals surface area contributed by atoms with Crippen LogP contribution in [0.4, 0.5) is 0 Å². The van der Waals surface area contributed by atoms with E-state index in [2.05, 4.69) is 0 Å². The lowest BCUT2D eigenvalue weighted by Gasteiger charge is -2.19. The molecule has 1 aromatic carbocycles. The van der Waals surface area contributed by atoms with E-state index in [4.69, 9.17) is 10.2 Å². The Labute approximate surface area is 95.5 Å². The molecule has 17 heavy (non-hydrogen) atoms. The molecule has 0 spiro atoms. The molecule has 90 valence electrons. The molecule has 0 amide bonds. The summed E-state index contributed by atoms with van der Waals surface area (Å²) in [6.07, 6.45) is -1.11. The molecule has 1 aromatic rings. The van der Waals surface area contributed by atoms with Crippen molar-refractivity contribution in [3.8, 4) is 0 Å². The monoisotopic (exact) mass is 239 g/mol. The maximum Gasteiger partial charge on any atom is 0.388 e. The summed E-state index contributed by atoms with van der Waals surface area (Å²) < 4.78 is 0. The largest absolute Gasteiger partial charge is 0.481 e. The standard InChI is InChI=1S/C10H9NO6/c12-8(13)6-10(9(14)15,11(16)17)7-4-2-1-3-5-7/h1-5H,6H2,(H,12,13)(H,14,15). The fourth-order valence-electron chi connectivity index (χ4n) is 1.48. The first-order valence-corrected chi connectivity index (χ1v) is 4.56. The lowest BCUT2D eigenvalue weighted by atomic mass is 9.87. The topological polar surface area (TPSA) is 118 Å². The molecule has 0 aliphatic rings. The van der Waals surface area contributed by atoms with E-state index >= 15 is 0 Å². The third-order valence-electron chi connectivity index (χ3n) is 2.32. The van der Waals surface area contributed by atoms with E-state index in [1.165, 1.54) is 24.3 Å². The number of carbonyl (C=O) groups is 2. The van der Waals surface area contributed by atoms with Crippen LogP contribution in [0.3, 0.4) is 0 Å². The third-order valence-corrected chi connectivity index (χ3v) is 2.32. The quantitative estimate of drug-likeness (QED) is 0.577. The predicted octanol–water partition coefficient (Wildman–Crippen LogP) is 0.718. The molecule has 2 N–H and O–H groups in total. The second kappa shape index (κ2) is 4.60. The van der Waals surface area contributed by atoms with Gasteiger partial charge in [0.1, 0.15) is 6.42 Å². The van der Waals surface area contributed by atoms with E-state index in [9.17, 15) is 19.7 Å². The molecule has 0 bridgehead atoms. The minimum atomic E-state index is -2.65. The van der Waals surface area contributed by atoms with Crippen LogP contribution in [0, 0.1) is 10.1 Å². The summed E-state index contributed by atoms with van der Waals surface area (Å²) in [7, 11) is 0. The Balaban J connectivity index is 3.40. The van der Waals surface area contributed by atoms with Gasteiger partial charge in [0.05, 0.1) is 0 Å². The van der Waals surface area contributed by atoms with Crippen LogP contribution in [-0.2, 0) is 15.1 Å². The van der Waals surface area contributed by atoms with Gasteiger partial charge < -0.3 is 10.2 Å². The molecular weight excluding hydrogens is 230 g/mol. The Bertz CT molecular complexity index is 441. The fraction of sp³-hybridized carbons (Fsp3) is 0.200. The van der Waals surface area contributed by atoms with Crippen molar-refractivity contribution in [2.24, 2.45) is 0 Å². The Morgan fingerprint density at radius 3 is 2.12 bits per heavy atom. The maximum absolute atomic E-state index is 11.1. The van der Waals surface area contributed by atoms with E-state index in [1.54, 1.807) is 6.07 Å². The van der Waals surface area contributed by atoms with Crippen molar-refractivity contribution in [1.29, 1.82) is 0 Å². The first kappa shape index (κ1) is 12.6. The van der Waals surface area contributed by atoms with Crippen LogP contribution >= 0.6 is 0 Å². The molecule has 7 heteroatoms. The number of hydrogen-bond acceptors (Lipinski definition) is 4. The zero-order chi connectivity index (χ0) is 13.1. The number of nitrogens with zero attached hydrogens (tertiary/aromatic N) is 1. The summed E-state index contributed by atoms with van der Waals surface area (Å²) in [4.78, 5) is 31.6. The molecule has 0 heterocycles. The lowest BCUT2D eigenvalue weighted by molar-refractivity contribution is -0.563. The summed E-state index contributed by atoms with van der Waals surface area (Å²) in [5.41, 5.74) is -2.81. The molecule has 0 saturated heterocycles. The molecule has 1 rings (SSSR count). The Morgan fingerprint density at radius 2 is 1.76 bits per heavy atom. The zero-order valence-electron chi connectivity index (χ0n) is 8.57. The van der Waals surface area contributed by atoms with Crippen molar-refractivity contribution in [1.82, 2.24) is 0 Å². The zero-order valence-corrected chi connectivity index (χ0v) is 8.57. The Morgan fingerprint density at radius 1 is 1.24 bits per heavy atom. The predicted molar refractivity (Wildman–Crippen MR) is 55.0 cm³/mol. The van der Waals surface area contributed by atoms with Crippen LogP contribution in [0.2, 0.25) is 0 Å². The van der Waals surface area contributed by atoms with Crippen molar-refractivity contribution >= 4 is 11.9 Å². The van der Waals surface area contributed by atoms with Gasteiger partial charge in [-0.15, -0.1) is 0 Å². The number of rotatable bonds is 5. The minimum absolute atomic E-state index is 0.167. The molecular formula is C10H9NO6. The normalized spacial score (nSPS) is 13.6. The molecule has 1 atom stereocenters. The van der Waals surface area contributed by atoms with Gasteiger partial charge in [-0.3, -0.25) is 14.9 Å². The number of carboxylic acid groups (broad SMARTS) is 2. The smallest absolute Gasteiger partial charge is 0.388 e. The summed E-state index contributed by atoms with van der Waals surface area (Å²) in [5.74, 6) is -3.34. The number of aliphatic carboxylic acids is 2. The summed E-state index contributed by atoms with van der Waals surface area (Å²) in [6.45, 7) is 0. The van der Waals surface area contributed by atoms with Crippen molar-refractivity contribution in [2.45, 2.75) is 12.0 Å². The molecule has 7 nitrogen and oxygen atoms in total. The highest BCUT2D eigenvalue weighted by Gasteiger charge is 2.55. The van der Waals surface area contributed by atoms with Gasteiger partial charge in [0.25, 0.3) is 0 Å². The van der Waals surface area contributed by atoms with Gasteiger partial charge in [0.2, 0.25) is 0 Å². The Hall–Kier alpha value is -2.44. The van der Waals surface area contributed by atoms with Crippen LogP contribution in [0.25, 0.3) is 0 Å². The molecule has 0 aliphatic carbocycles. The van der Waals surface area contributed by atoms with Gasteiger partial charge in [0, 0.05) is 10.5 Å². The summed E-state index contributed by atoms with van der Waals surface area (Å²) in [6, 6.07) is 6.83. The lowest BCUT2D eigenvalue weighted by Crippen LogP contribution is -2.45. The van der Waals surface area contributed by atoms with E-state index < -0.39 is 28.8 Å². The van der Waals surface area contributed by atoms with Crippen LogP contribution in [-0.4, -0.2) is 27.1 Å². The number of benzene rings is 1. The highest BCUT2D eigenvalue weighted by atomic mass is 16.6. The van der Waals surface area contributed by atoms with Crippen molar-refractivity contribution < 1.29 is 24.7 Å². The third kappa shape index (κ3) is 2.22. The fourth-order valence-corrected chi connectivity index (χ4v) is 1.48. The van der Waals surface area contributed by atoms with Crippen molar-refractivity contribution in [2.75, 3.05) is 0 Å². The highest BCUT2D eigenvalue weighted by Crippen LogP contribution is 2.29. The van der Waals surface area contributed by atoms with Gasteiger partial charge in [-0.05, 0) is 0 Å². The second-order valence-corrected chi connectivity index (χ2v) is 3.36. The first-order valence-electron chi connectivity index (χ1n) is 4.56. The average Bonchev–Trinajstić information content (AvgIpc) is 2.25. The number of carboxylic acids is 2. The second-order valence-electron chi connectivity index (χ2n) is 3.36. The SMILES string of the molecule is O=C(O)CC(C(=O)O)(c1ccccc1)[N+](=O)[O-]. The number of nitro groups is 1. The molecule has 0 aromatic heterocycles. The average molecular weight is 239 g/mol. The van der Waals surface area contributed by atoms with Crippen LogP contribution in [0.1, 0.15) is 12.0 Å². The molecule has 0 saturated carbocycles. The first-order chi connectivity index (χ1) is 7.91. The number of hydrogen-bond donors (Lipinski definition) is 2. The summed E-state index contributed by atoms with van der Waals surface area (Å²) >= 11 is 0. The van der Waals surface area contributed by atoms with Gasteiger partial charge in [-0.1, -0.05) is 30.3 Å². The van der Waals surface area contributed by atoms with Crippen LogP contribution in [0.5, 0.6) is 0 Å². The van der Waals surface area contributed by atoms with Crippen LogP contribution < -0.4 is 0 Å². The van der Waals surface area contributed by atoms with Gasteiger partial charge >= 0.3 is 17.5 Å². The van der Waals surface area contributed by atoms with E-state index in [0.29, 0.717) is 0 Å². The molecule has 0 fully saturated rings. The highest BCUT2D eigenvalue weighted by molar-refractivity contribution is 5.85. The summed E-state index contributed by atoms with van der Waals surface area (Å²) in [5, 5.41) is 28.6. The van der Waals surface area contributed by atoms with E-state index in [1.807, 2.05) is 0 Å². The van der Waals surface area contributed by atoms with Crippen molar-refractivity contribution in [3.05, 3.63) is 46.0 Å². The van der Waals surface area contributed by atoms with Gasteiger partial charge in [0.15, 0.2) is 0 Å². The van der Waals surface area contributed by atoms with Crippen molar-refractivity contribution in [3.63, 3.8) is 0 Å². The van der Waals surface area contributed by atoms with Gasteiger partial charge in [-0.25, -0.2) is 4.79 Å². The molecule has 1 unspecified atom stereocenters. The van der Waals surface area contributed by atoms with Crippen LogP contribution in [0.15, 0.2) is 30.3 Å². The molecule has 0 radical (unpaired) electrons. The molecule has 0 aliphatic heterocycles.